The fourth-order valence-electron chi connectivity index (χ4n) is 2.20. The summed E-state index contributed by atoms with van der Waals surface area (Å²) in [5.41, 5.74) is 0.910. The summed E-state index contributed by atoms with van der Waals surface area (Å²) in [5.74, 6) is 1.48. The van der Waals surface area contributed by atoms with Crippen LogP contribution in [0.15, 0.2) is 53.4 Å². The van der Waals surface area contributed by atoms with Gasteiger partial charge in [0.05, 0.1) is 18.1 Å². The molecule has 0 aliphatic carbocycles. The first kappa shape index (κ1) is 22.3. The molecule has 28 heavy (non-hydrogen) atoms. The maximum absolute atomic E-state index is 12.2. The largest absolute Gasteiger partial charge is 0.493 e. The lowest BCUT2D eigenvalue weighted by atomic mass is 10.2. The number of amides is 1. The van der Waals surface area contributed by atoms with Gasteiger partial charge in [-0.25, -0.2) is 0 Å². The van der Waals surface area contributed by atoms with Crippen molar-refractivity contribution < 1.29 is 14.3 Å². The summed E-state index contributed by atoms with van der Waals surface area (Å²) in [6.07, 6.45) is 2.58. The van der Waals surface area contributed by atoms with E-state index < -0.39 is 0 Å². The van der Waals surface area contributed by atoms with E-state index in [1.165, 1.54) is 21.4 Å². The van der Waals surface area contributed by atoms with Crippen molar-refractivity contribution in [1.29, 1.82) is 0 Å². The van der Waals surface area contributed by atoms with Gasteiger partial charge in [0.2, 0.25) is 0 Å². The Labute approximate surface area is 180 Å². The molecule has 0 N–H and O–H groups in total. The van der Waals surface area contributed by atoms with Crippen LogP contribution in [0, 0.1) is 0 Å². The Morgan fingerprint density at radius 2 is 1.57 bits per heavy atom. The number of thioether (sulfide) groups is 1. The number of likely N-dealkylation sites (N-methyl/N-ethyl adjacent to an activating group) is 1. The molecular formula is C21H22ClNO3S2. The molecule has 7 heteroatoms. The van der Waals surface area contributed by atoms with E-state index in [4.69, 9.17) is 33.3 Å². The fraction of sp³-hybridized carbons (Fsp3) is 0.238. The lowest BCUT2D eigenvalue weighted by molar-refractivity contribution is -0.123. The molecule has 2 aromatic rings. The maximum Gasteiger partial charge on any atom is 0.260 e. The average Bonchev–Trinajstić information content (AvgIpc) is 2.69. The number of hydrogen-bond acceptors (Lipinski definition) is 5. The Kier molecular flexibility index (Phi) is 9.34. The summed E-state index contributed by atoms with van der Waals surface area (Å²) in [6, 6.07) is 14.9. The van der Waals surface area contributed by atoms with Gasteiger partial charge < -0.3 is 14.4 Å². The molecule has 0 heterocycles. The second-order valence-electron chi connectivity index (χ2n) is 6.00. The molecule has 0 fully saturated rings. The molecule has 0 aliphatic rings. The number of rotatable bonds is 10. The van der Waals surface area contributed by atoms with Gasteiger partial charge in [-0.1, -0.05) is 47.7 Å². The molecule has 0 aromatic heterocycles. The van der Waals surface area contributed by atoms with Gasteiger partial charge in [-0.05, 0) is 48.0 Å². The molecule has 0 saturated heterocycles. The molecule has 0 atom stereocenters. The van der Waals surface area contributed by atoms with Crippen LogP contribution in [-0.2, 0) is 4.79 Å². The molecule has 0 radical (unpaired) electrons. The predicted octanol–water partition coefficient (Wildman–Crippen LogP) is 5.31. The van der Waals surface area contributed by atoms with E-state index in [0.717, 1.165) is 23.5 Å². The SMILES string of the molecule is CN(C)C(=O)/C(=C/c1ccc(OCCCOc2ccc(Cl)cc2)cc1)SC=S. The molecule has 2 aromatic carbocycles. The maximum atomic E-state index is 12.2. The van der Waals surface area contributed by atoms with Crippen molar-refractivity contribution in [3.8, 4) is 11.5 Å². The van der Waals surface area contributed by atoms with E-state index in [1.54, 1.807) is 26.2 Å². The van der Waals surface area contributed by atoms with Crippen LogP contribution in [0.5, 0.6) is 11.5 Å². The number of carbonyl (C=O) groups excluding carboxylic acids is 1. The Morgan fingerprint density at radius 1 is 1.04 bits per heavy atom. The van der Waals surface area contributed by atoms with E-state index in [9.17, 15) is 4.79 Å². The van der Waals surface area contributed by atoms with Crippen LogP contribution >= 0.6 is 35.6 Å². The monoisotopic (exact) mass is 435 g/mol. The van der Waals surface area contributed by atoms with E-state index in [0.29, 0.717) is 23.1 Å². The van der Waals surface area contributed by atoms with Crippen molar-refractivity contribution in [2.24, 2.45) is 0 Å². The van der Waals surface area contributed by atoms with Crippen molar-refractivity contribution in [3.05, 3.63) is 64.0 Å². The van der Waals surface area contributed by atoms with Crippen LogP contribution in [-0.4, -0.2) is 42.8 Å². The summed E-state index contributed by atoms with van der Waals surface area (Å²) < 4.78 is 12.8. The highest BCUT2D eigenvalue weighted by atomic mass is 35.5. The van der Waals surface area contributed by atoms with Gasteiger partial charge in [-0.15, -0.1) is 0 Å². The number of nitrogens with zero attached hydrogens (tertiary/aromatic N) is 1. The van der Waals surface area contributed by atoms with Crippen molar-refractivity contribution in [3.63, 3.8) is 0 Å². The average molecular weight is 436 g/mol. The summed E-state index contributed by atoms with van der Waals surface area (Å²) in [4.78, 5) is 14.3. The molecule has 0 bridgehead atoms. The number of ether oxygens (including phenoxy) is 2. The van der Waals surface area contributed by atoms with Crippen molar-refractivity contribution >= 4 is 52.3 Å². The first-order valence-electron chi connectivity index (χ1n) is 8.64. The van der Waals surface area contributed by atoms with Crippen LogP contribution in [0.25, 0.3) is 6.08 Å². The third kappa shape index (κ3) is 7.54. The lowest BCUT2D eigenvalue weighted by Gasteiger charge is -2.12. The highest BCUT2D eigenvalue weighted by Crippen LogP contribution is 2.21. The van der Waals surface area contributed by atoms with Crippen LogP contribution in [0.3, 0.4) is 0 Å². The van der Waals surface area contributed by atoms with E-state index in [-0.39, 0.29) is 5.91 Å². The fourth-order valence-corrected chi connectivity index (χ4v) is 3.23. The molecule has 148 valence electrons. The van der Waals surface area contributed by atoms with Crippen LogP contribution in [0.4, 0.5) is 0 Å². The summed E-state index contributed by atoms with van der Waals surface area (Å²) in [5, 5.41) is 0.688. The molecule has 1 amide bonds. The first-order chi connectivity index (χ1) is 13.5. The Hall–Kier alpha value is -2.02. The normalized spacial score (nSPS) is 11.0. The zero-order valence-corrected chi connectivity index (χ0v) is 18.2. The number of benzene rings is 2. The first-order valence-corrected chi connectivity index (χ1v) is 10.4. The minimum absolute atomic E-state index is 0.0767. The van der Waals surface area contributed by atoms with Crippen molar-refractivity contribution in [2.45, 2.75) is 6.42 Å². The van der Waals surface area contributed by atoms with Crippen LogP contribution in [0.1, 0.15) is 12.0 Å². The predicted molar refractivity (Wildman–Crippen MR) is 121 cm³/mol. The van der Waals surface area contributed by atoms with Gasteiger partial charge >= 0.3 is 0 Å². The lowest BCUT2D eigenvalue weighted by Crippen LogP contribution is -2.22. The number of thiocarbonyl (C=S) groups is 1. The van der Waals surface area contributed by atoms with E-state index >= 15 is 0 Å². The smallest absolute Gasteiger partial charge is 0.260 e. The minimum atomic E-state index is -0.0767. The highest BCUT2D eigenvalue weighted by Gasteiger charge is 2.11. The summed E-state index contributed by atoms with van der Waals surface area (Å²) >= 11 is 11.9. The van der Waals surface area contributed by atoms with E-state index in [1.807, 2.05) is 42.5 Å². The van der Waals surface area contributed by atoms with Gasteiger partial charge in [0, 0.05) is 30.2 Å². The standard InChI is InChI=1S/C21H22ClNO3S2/c1-23(2)21(24)20(28-15-27)14-16-4-8-18(9-5-16)25-12-3-13-26-19-10-6-17(22)7-11-19/h4-11,14-15H,3,12-13H2,1-2H3/b20-14-. The third-order valence-corrected chi connectivity index (χ3v) is 4.79. The zero-order chi connectivity index (χ0) is 20.4. The van der Waals surface area contributed by atoms with Crippen molar-refractivity contribution in [2.75, 3.05) is 27.3 Å². The topological polar surface area (TPSA) is 38.8 Å². The molecule has 0 saturated carbocycles. The number of halogens is 1. The molecule has 0 unspecified atom stereocenters. The van der Waals surface area contributed by atoms with Gasteiger partial charge in [-0.2, -0.15) is 0 Å². The third-order valence-electron chi connectivity index (χ3n) is 3.61. The highest BCUT2D eigenvalue weighted by molar-refractivity contribution is 8.24. The van der Waals surface area contributed by atoms with Crippen molar-refractivity contribution in [1.82, 2.24) is 4.90 Å². The molecule has 2 rings (SSSR count). The Morgan fingerprint density at radius 3 is 2.07 bits per heavy atom. The minimum Gasteiger partial charge on any atom is -0.493 e. The Balaban J connectivity index is 1.81. The number of hydrogen-bond donors (Lipinski definition) is 0. The molecule has 4 nitrogen and oxygen atoms in total. The second-order valence-corrected chi connectivity index (χ2v) is 7.88. The van der Waals surface area contributed by atoms with Gasteiger partial charge in [-0.3, -0.25) is 4.79 Å². The van der Waals surface area contributed by atoms with Gasteiger partial charge in [0.15, 0.2) is 0 Å². The molecule has 0 aliphatic heterocycles. The number of carbonyl (C=O) groups is 1. The van der Waals surface area contributed by atoms with Crippen LogP contribution in [0.2, 0.25) is 5.02 Å². The summed E-state index contributed by atoms with van der Waals surface area (Å²) in [6.45, 7) is 1.11. The summed E-state index contributed by atoms with van der Waals surface area (Å²) in [7, 11) is 3.43. The zero-order valence-electron chi connectivity index (χ0n) is 15.8. The van der Waals surface area contributed by atoms with E-state index in [2.05, 4.69) is 0 Å². The van der Waals surface area contributed by atoms with Crippen LogP contribution < -0.4 is 9.47 Å². The van der Waals surface area contributed by atoms with Gasteiger partial charge in [0.25, 0.3) is 5.91 Å². The molecule has 0 spiro atoms. The second kappa shape index (κ2) is 11.7. The quantitative estimate of drug-likeness (QED) is 0.287. The van der Waals surface area contributed by atoms with Gasteiger partial charge in [0.1, 0.15) is 11.5 Å². The Bertz CT molecular complexity index is 805. The molecular weight excluding hydrogens is 414 g/mol.